The predicted molar refractivity (Wildman–Crippen MR) is 111 cm³/mol. The minimum atomic E-state index is -0.620. The highest BCUT2D eigenvalue weighted by Crippen LogP contribution is 2.21. The van der Waals surface area contributed by atoms with Crippen LogP contribution < -0.4 is 10.2 Å². The van der Waals surface area contributed by atoms with Crippen molar-refractivity contribution in [1.82, 2.24) is 19.6 Å². The molecule has 0 aliphatic heterocycles. The van der Waals surface area contributed by atoms with E-state index in [-0.39, 0.29) is 17.4 Å². The molecule has 0 fully saturated rings. The Morgan fingerprint density at radius 3 is 2.48 bits per heavy atom. The van der Waals surface area contributed by atoms with Crippen molar-refractivity contribution in [2.24, 2.45) is 0 Å². The number of hydrogen-bond donors (Lipinski definition) is 1. The zero-order valence-corrected chi connectivity index (χ0v) is 16.6. The van der Waals surface area contributed by atoms with Gasteiger partial charge in [-0.25, -0.2) is 23.7 Å². The highest BCUT2D eigenvalue weighted by molar-refractivity contribution is 6.04. The number of hydrogen-bond acceptors (Lipinski definition) is 6. The molecule has 0 spiro atoms. The van der Waals surface area contributed by atoms with E-state index in [0.717, 1.165) is 0 Å². The van der Waals surface area contributed by atoms with Crippen LogP contribution in [0.25, 0.3) is 16.9 Å². The molecule has 0 saturated heterocycles. The van der Waals surface area contributed by atoms with Crippen LogP contribution in [-0.2, 0) is 4.74 Å². The molecule has 0 saturated carbocycles. The van der Waals surface area contributed by atoms with E-state index in [9.17, 15) is 14.0 Å². The largest absolute Gasteiger partial charge is 0.453 e. The molecule has 0 aliphatic rings. The van der Waals surface area contributed by atoms with Gasteiger partial charge in [-0.05, 0) is 48.5 Å². The second kappa shape index (κ2) is 8.19. The highest BCUT2D eigenvalue weighted by atomic mass is 19.1. The molecule has 9 nitrogen and oxygen atoms in total. The Hall–Kier alpha value is -4.34. The van der Waals surface area contributed by atoms with Gasteiger partial charge in [-0.3, -0.25) is 10.1 Å². The van der Waals surface area contributed by atoms with Gasteiger partial charge in [0.25, 0.3) is 5.91 Å². The van der Waals surface area contributed by atoms with Crippen molar-refractivity contribution < 1.29 is 18.7 Å². The number of methoxy groups -OCH3 is 1. The third-order valence-corrected chi connectivity index (χ3v) is 4.57. The Kier molecular flexibility index (Phi) is 5.27. The van der Waals surface area contributed by atoms with E-state index in [2.05, 4.69) is 25.1 Å². The molecule has 0 aliphatic carbocycles. The molecule has 2 amide bonds. The van der Waals surface area contributed by atoms with E-state index in [1.807, 2.05) is 0 Å². The number of fused-ring (bicyclic) bond motifs is 1. The first-order chi connectivity index (χ1) is 15.0. The van der Waals surface area contributed by atoms with Crippen molar-refractivity contribution in [3.63, 3.8) is 0 Å². The molecule has 4 aromatic rings. The van der Waals surface area contributed by atoms with Crippen LogP contribution in [0.4, 0.5) is 20.7 Å². The average Bonchev–Trinajstić information content (AvgIpc) is 3.22. The van der Waals surface area contributed by atoms with Crippen molar-refractivity contribution in [2.45, 2.75) is 0 Å². The normalized spacial score (nSPS) is 10.7. The zero-order chi connectivity index (χ0) is 22.0. The number of aromatic nitrogens is 4. The van der Waals surface area contributed by atoms with Gasteiger partial charge in [-0.15, -0.1) is 0 Å². The van der Waals surface area contributed by atoms with Gasteiger partial charge in [0.05, 0.1) is 19.0 Å². The Bertz CT molecular complexity index is 1250. The van der Waals surface area contributed by atoms with Gasteiger partial charge in [0, 0.05) is 24.5 Å². The Balaban J connectivity index is 1.64. The van der Waals surface area contributed by atoms with Crippen molar-refractivity contribution in [3.8, 4) is 11.3 Å². The molecule has 0 atom stereocenters. The molecule has 0 bridgehead atoms. The molecule has 0 radical (unpaired) electrons. The number of rotatable bonds is 4. The molecule has 31 heavy (non-hydrogen) atoms. The Morgan fingerprint density at radius 2 is 1.81 bits per heavy atom. The van der Waals surface area contributed by atoms with E-state index in [0.29, 0.717) is 28.4 Å². The molecular formula is C21H17FN6O3. The van der Waals surface area contributed by atoms with Crippen LogP contribution in [-0.4, -0.2) is 45.7 Å². The smallest absolute Gasteiger partial charge is 0.412 e. The van der Waals surface area contributed by atoms with Crippen LogP contribution >= 0.6 is 0 Å². The van der Waals surface area contributed by atoms with E-state index >= 15 is 0 Å². The molecule has 0 unspecified atom stereocenters. The fourth-order valence-corrected chi connectivity index (χ4v) is 2.91. The lowest BCUT2D eigenvalue weighted by Crippen LogP contribution is -2.27. The maximum absolute atomic E-state index is 13.2. The van der Waals surface area contributed by atoms with Gasteiger partial charge < -0.3 is 9.64 Å². The number of halogens is 1. The summed E-state index contributed by atoms with van der Waals surface area (Å²) in [6, 6.07) is 12.2. The van der Waals surface area contributed by atoms with Gasteiger partial charge in [0.15, 0.2) is 5.65 Å². The first-order valence-corrected chi connectivity index (χ1v) is 9.16. The minimum Gasteiger partial charge on any atom is -0.453 e. The number of anilines is 2. The van der Waals surface area contributed by atoms with E-state index < -0.39 is 6.09 Å². The molecule has 1 aromatic carbocycles. The van der Waals surface area contributed by atoms with Gasteiger partial charge in [-0.1, -0.05) is 0 Å². The lowest BCUT2D eigenvalue weighted by Gasteiger charge is -2.16. The third-order valence-electron chi connectivity index (χ3n) is 4.57. The number of pyridine rings is 1. The molecular weight excluding hydrogens is 403 g/mol. The lowest BCUT2D eigenvalue weighted by atomic mass is 10.2. The second-order valence-electron chi connectivity index (χ2n) is 6.52. The summed E-state index contributed by atoms with van der Waals surface area (Å²) in [6.07, 6.45) is 2.55. The summed E-state index contributed by atoms with van der Waals surface area (Å²) in [6.45, 7) is 0. The standard InChI is InChI=1S/C21H17FN6O3/c1-27(15-6-4-14(22)5-7-15)20(29)16-8-10-19-24-12-17(28(19)26-16)13-3-9-18(23-11-13)25-21(30)31-2/h3-12H,1-2H3,(H,23,25,30). The lowest BCUT2D eigenvalue weighted by molar-refractivity contribution is 0.0987. The summed E-state index contributed by atoms with van der Waals surface area (Å²) in [5, 5.41) is 6.90. The first kappa shape index (κ1) is 20.0. The Labute approximate surface area is 176 Å². The Morgan fingerprint density at radius 1 is 1.03 bits per heavy atom. The summed E-state index contributed by atoms with van der Waals surface area (Å²) in [7, 11) is 2.85. The van der Waals surface area contributed by atoms with E-state index in [1.165, 1.54) is 40.8 Å². The number of benzene rings is 1. The molecule has 4 rings (SSSR count). The van der Waals surface area contributed by atoms with Crippen LogP contribution in [0.5, 0.6) is 0 Å². The number of nitrogens with zero attached hydrogens (tertiary/aromatic N) is 5. The van der Waals surface area contributed by atoms with E-state index in [1.54, 1.807) is 43.7 Å². The van der Waals surface area contributed by atoms with Crippen molar-refractivity contribution in [1.29, 1.82) is 0 Å². The van der Waals surface area contributed by atoms with Gasteiger partial charge in [-0.2, -0.15) is 5.10 Å². The van der Waals surface area contributed by atoms with Gasteiger partial charge >= 0.3 is 6.09 Å². The zero-order valence-electron chi connectivity index (χ0n) is 16.6. The summed E-state index contributed by atoms with van der Waals surface area (Å²) in [4.78, 5) is 34.1. The molecule has 156 valence electrons. The number of nitrogens with one attached hydrogen (secondary N) is 1. The minimum absolute atomic E-state index is 0.190. The number of carbonyl (C=O) groups is 2. The molecule has 10 heteroatoms. The molecule has 3 aromatic heterocycles. The van der Waals surface area contributed by atoms with Crippen molar-refractivity contribution >= 4 is 29.2 Å². The van der Waals surface area contributed by atoms with Crippen molar-refractivity contribution in [2.75, 3.05) is 24.4 Å². The first-order valence-electron chi connectivity index (χ1n) is 9.16. The quantitative estimate of drug-likeness (QED) is 0.543. The number of carbonyl (C=O) groups excluding carboxylic acids is 2. The number of amides is 2. The van der Waals surface area contributed by atoms with Gasteiger partial charge in [0.2, 0.25) is 0 Å². The SMILES string of the molecule is COC(=O)Nc1ccc(-c2cnc3ccc(C(=O)N(C)c4ccc(F)cc4)nn23)cn1. The van der Waals surface area contributed by atoms with Gasteiger partial charge in [0.1, 0.15) is 17.3 Å². The van der Waals surface area contributed by atoms with Crippen LogP contribution in [0.1, 0.15) is 10.5 Å². The van der Waals surface area contributed by atoms with Crippen LogP contribution in [0.15, 0.2) is 60.9 Å². The van der Waals surface area contributed by atoms with E-state index in [4.69, 9.17) is 0 Å². The maximum atomic E-state index is 13.2. The molecule has 1 N–H and O–H groups in total. The van der Waals surface area contributed by atoms with Crippen LogP contribution in [0.2, 0.25) is 0 Å². The fourth-order valence-electron chi connectivity index (χ4n) is 2.91. The third kappa shape index (κ3) is 4.04. The summed E-state index contributed by atoms with van der Waals surface area (Å²) >= 11 is 0. The summed E-state index contributed by atoms with van der Waals surface area (Å²) < 4.78 is 19.2. The molecule has 3 heterocycles. The van der Waals surface area contributed by atoms with Crippen LogP contribution in [0.3, 0.4) is 0 Å². The second-order valence-corrected chi connectivity index (χ2v) is 6.52. The van der Waals surface area contributed by atoms with Crippen molar-refractivity contribution in [3.05, 3.63) is 72.4 Å². The maximum Gasteiger partial charge on any atom is 0.412 e. The number of ether oxygens (including phenoxy) is 1. The number of imidazole rings is 1. The summed E-state index contributed by atoms with van der Waals surface area (Å²) in [5.74, 6) is -0.410. The highest BCUT2D eigenvalue weighted by Gasteiger charge is 2.17. The fraction of sp³-hybridized carbons (Fsp3) is 0.0952. The predicted octanol–water partition coefficient (Wildman–Crippen LogP) is 3.39. The topological polar surface area (TPSA) is 102 Å². The average molecular weight is 420 g/mol. The monoisotopic (exact) mass is 420 g/mol. The van der Waals surface area contributed by atoms with Crippen LogP contribution in [0, 0.1) is 5.82 Å². The summed E-state index contributed by atoms with van der Waals surface area (Å²) in [5.41, 5.74) is 2.58.